The van der Waals surface area contributed by atoms with Gasteiger partial charge in [0.2, 0.25) is 5.91 Å². The van der Waals surface area contributed by atoms with Gasteiger partial charge in [0.1, 0.15) is 12.6 Å². The fourth-order valence-electron chi connectivity index (χ4n) is 3.31. The average Bonchev–Trinajstić information content (AvgIpc) is 3.19. The van der Waals surface area contributed by atoms with Gasteiger partial charge in [-0.2, -0.15) is 0 Å². The predicted octanol–water partition coefficient (Wildman–Crippen LogP) is 0.124. The van der Waals surface area contributed by atoms with Gasteiger partial charge in [-0.1, -0.05) is 30.3 Å². The van der Waals surface area contributed by atoms with E-state index in [1.165, 1.54) is 4.90 Å². The van der Waals surface area contributed by atoms with E-state index in [4.69, 9.17) is 9.47 Å². The van der Waals surface area contributed by atoms with Crippen molar-refractivity contribution in [3.8, 4) is 0 Å². The third kappa shape index (κ3) is 6.16. The minimum atomic E-state index is -1.10. The van der Waals surface area contributed by atoms with Gasteiger partial charge < -0.3 is 29.7 Å². The van der Waals surface area contributed by atoms with Crippen molar-refractivity contribution in [2.45, 2.75) is 31.6 Å². The van der Waals surface area contributed by atoms with Gasteiger partial charge in [0, 0.05) is 26.2 Å². The molecular weight excluding hydrogens is 378 g/mol. The molecule has 2 saturated heterocycles. The van der Waals surface area contributed by atoms with Gasteiger partial charge in [-0.15, -0.1) is 0 Å². The maximum absolute atomic E-state index is 12.6. The highest BCUT2D eigenvalue weighted by atomic mass is 16.5. The number of esters is 1. The number of hydrogen-bond acceptors (Lipinski definition) is 6. The Balaban J connectivity index is 1.61. The molecule has 3 amide bonds. The van der Waals surface area contributed by atoms with E-state index in [1.807, 2.05) is 30.3 Å². The first-order valence-corrected chi connectivity index (χ1v) is 9.82. The highest BCUT2D eigenvalue weighted by Crippen LogP contribution is 2.11. The third-order valence-electron chi connectivity index (χ3n) is 5.00. The number of nitrogens with one attached hydrogen (secondary N) is 1. The van der Waals surface area contributed by atoms with Crippen molar-refractivity contribution in [1.29, 1.82) is 0 Å². The number of amides is 3. The van der Waals surface area contributed by atoms with Crippen molar-refractivity contribution < 1.29 is 29.0 Å². The number of likely N-dealkylation sites (tertiary alicyclic amines) is 1. The number of urea groups is 1. The average molecular weight is 405 g/mol. The quantitative estimate of drug-likeness (QED) is 0.651. The van der Waals surface area contributed by atoms with E-state index >= 15 is 0 Å². The summed E-state index contributed by atoms with van der Waals surface area (Å²) in [4.78, 5) is 40.8. The molecule has 0 bridgehead atoms. The van der Waals surface area contributed by atoms with E-state index in [-0.39, 0.29) is 25.5 Å². The molecule has 1 aromatic carbocycles. The molecule has 1 aromatic rings. The Bertz CT molecular complexity index is 689. The maximum atomic E-state index is 12.6. The number of ether oxygens (including phenoxy) is 2. The second-order valence-electron chi connectivity index (χ2n) is 7.18. The van der Waals surface area contributed by atoms with Crippen molar-refractivity contribution in [3.63, 3.8) is 0 Å². The van der Waals surface area contributed by atoms with Crippen molar-refractivity contribution >= 4 is 17.9 Å². The Kier molecular flexibility index (Phi) is 7.42. The summed E-state index contributed by atoms with van der Waals surface area (Å²) in [6.07, 6.45) is -0.266. The van der Waals surface area contributed by atoms with Crippen LogP contribution in [0.2, 0.25) is 0 Å². The second kappa shape index (κ2) is 10.2. The number of aliphatic hydroxyl groups excluding tert-OH is 1. The van der Waals surface area contributed by atoms with Crippen LogP contribution in [0.25, 0.3) is 0 Å². The van der Waals surface area contributed by atoms with Crippen LogP contribution in [0.5, 0.6) is 0 Å². The van der Waals surface area contributed by atoms with Crippen LogP contribution in [0.4, 0.5) is 4.79 Å². The minimum Gasteiger partial charge on any atom is -0.459 e. The van der Waals surface area contributed by atoms with Crippen LogP contribution in [0.15, 0.2) is 30.3 Å². The first kappa shape index (κ1) is 21.1. The van der Waals surface area contributed by atoms with Crippen molar-refractivity contribution in [1.82, 2.24) is 15.1 Å². The summed E-state index contributed by atoms with van der Waals surface area (Å²) in [7, 11) is 0. The predicted molar refractivity (Wildman–Crippen MR) is 103 cm³/mol. The van der Waals surface area contributed by atoms with E-state index in [0.29, 0.717) is 39.3 Å². The topological polar surface area (TPSA) is 108 Å². The molecule has 0 aromatic heterocycles. The fraction of sp³-hybridized carbons (Fsp3) is 0.550. The summed E-state index contributed by atoms with van der Waals surface area (Å²) < 4.78 is 10.6. The first-order chi connectivity index (χ1) is 14.0. The lowest BCUT2D eigenvalue weighted by Gasteiger charge is -2.29. The molecule has 2 fully saturated rings. The lowest BCUT2D eigenvalue weighted by atomic mass is 10.1. The fourth-order valence-corrected chi connectivity index (χ4v) is 3.31. The monoisotopic (exact) mass is 405 g/mol. The van der Waals surface area contributed by atoms with Gasteiger partial charge in [-0.25, -0.2) is 9.59 Å². The number of β-amino-alcohol motifs (C(OH)–C–C–N with tert-alkyl or cyclic N) is 1. The van der Waals surface area contributed by atoms with Gasteiger partial charge in [0.05, 0.1) is 25.7 Å². The second-order valence-corrected chi connectivity index (χ2v) is 7.18. The number of hydrogen-bond donors (Lipinski definition) is 2. The molecule has 9 nitrogen and oxygen atoms in total. The molecule has 2 aliphatic heterocycles. The number of carbonyl (C=O) groups excluding carboxylic acids is 3. The smallest absolute Gasteiger partial charge is 0.329 e. The number of rotatable bonds is 6. The highest BCUT2D eigenvalue weighted by Gasteiger charge is 2.32. The molecule has 2 N–H and O–H groups in total. The molecule has 2 heterocycles. The van der Waals surface area contributed by atoms with Crippen molar-refractivity contribution in [3.05, 3.63) is 35.9 Å². The van der Waals surface area contributed by atoms with Gasteiger partial charge in [-0.05, 0) is 12.0 Å². The zero-order valence-electron chi connectivity index (χ0n) is 16.3. The normalized spacial score (nSPS) is 20.2. The number of benzene rings is 1. The molecule has 2 aliphatic rings. The largest absolute Gasteiger partial charge is 0.459 e. The molecule has 3 rings (SSSR count). The molecule has 0 unspecified atom stereocenters. The molecule has 0 aliphatic carbocycles. The van der Waals surface area contributed by atoms with Gasteiger partial charge in [-0.3, -0.25) is 4.79 Å². The van der Waals surface area contributed by atoms with E-state index in [9.17, 15) is 19.5 Å². The Morgan fingerprint density at radius 3 is 2.52 bits per heavy atom. The lowest BCUT2D eigenvalue weighted by Crippen LogP contribution is -2.51. The Hall–Kier alpha value is -2.65. The minimum absolute atomic E-state index is 0.0558. The van der Waals surface area contributed by atoms with Gasteiger partial charge in [0.15, 0.2) is 0 Å². The Morgan fingerprint density at radius 2 is 1.86 bits per heavy atom. The van der Waals surface area contributed by atoms with Crippen LogP contribution in [0.1, 0.15) is 18.4 Å². The van der Waals surface area contributed by atoms with Crippen molar-refractivity contribution in [2.24, 2.45) is 0 Å². The highest BCUT2D eigenvalue weighted by molar-refractivity contribution is 5.89. The van der Waals surface area contributed by atoms with Crippen LogP contribution < -0.4 is 5.32 Å². The Morgan fingerprint density at radius 1 is 1.14 bits per heavy atom. The summed E-state index contributed by atoms with van der Waals surface area (Å²) in [6.45, 7) is 2.47. The molecule has 9 heteroatoms. The third-order valence-corrected chi connectivity index (χ3v) is 5.00. The standard InChI is InChI=1S/C20H27N3O6/c24-16-6-7-23(13-16)20(27)21-17(12-18(25)22-8-10-28-11-9-22)19(26)29-14-15-4-2-1-3-5-15/h1-5,16-17,24H,6-14H2,(H,21,27)/t16-,17+/m0/s1. The summed E-state index contributed by atoms with van der Waals surface area (Å²) in [5.41, 5.74) is 0.813. The number of aliphatic hydroxyl groups is 1. The van der Waals surface area contributed by atoms with Gasteiger partial charge in [0.25, 0.3) is 0 Å². The molecule has 0 saturated carbocycles. The SMILES string of the molecule is O=C(OCc1ccccc1)[C@@H](CC(=O)N1CCOCC1)NC(=O)N1CC[C@H](O)C1. The number of nitrogens with zero attached hydrogens (tertiary/aromatic N) is 2. The van der Waals surface area contributed by atoms with Gasteiger partial charge >= 0.3 is 12.0 Å². The molecule has 2 atom stereocenters. The van der Waals surface area contributed by atoms with Crippen LogP contribution in [-0.4, -0.2) is 84.4 Å². The van der Waals surface area contributed by atoms with E-state index < -0.39 is 24.1 Å². The summed E-state index contributed by atoms with van der Waals surface area (Å²) >= 11 is 0. The zero-order chi connectivity index (χ0) is 20.6. The van der Waals surface area contributed by atoms with Crippen molar-refractivity contribution in [2.75, 3.05) is 39.4 Å². The number of carbonyl (C=O) groups is 3. The van der Waals surface area contributed by atoms with Crippen LogP contribution in [0, 0.1) is 0 Å². The molecule has 0 spiro atoms. The first-order valence-electron chi connectivity index (χ1n) is 9.82. The van der Waals surface area contributed by atoms with Crippen LogP contribution in [0.3, 0.4) is 0 Å². The molecule has 158 valence electrons. The zero-order valence-corrected chi connectivity index (χ0v) is 16.3. The maximum Gasteiger partial charge on any atom is 0.329 e. The summed E-state index contributed by atoms with van der Waals surface area (Å²) in [5.74, 6) is -0.903. The van der Waals surface area contributed by atoms with E-state index in [2.05, 4.69) is 5.32 Å². The molecule has 29 heavy (non-hydrogen) atoms. The molecule has 0 radical (unpaired) electrons. The summed E-state index contributed by atoms with van der Waals surface area (Å²) in [5, 5.41) is 12.2. The van der Waals surface area contributed by atoms with E-state index in [0.717, 1.165) is 5.56 Å². The summed E-state index contributed by atoms with van der Waals surface area (Å²) in [6, 6.07) is 7.60. The van der Waals surface area contributed by atoms with E-state index in [1.54, 1.807) is 4.90 Å². The van der Waals surface area contributed by atoms with Crippen LogP contribution >= 0.6 is 0 Å². The lowest BCUT2D eigenvalue weighted by molar-refractivity contribution is -0.150. The number of morpholine rings is 1. The molecular formula is C20H27N3O6. The van der Waals surface area contributed by atoms with Crippen LogP contribution in [-0.2, 0) is 25.7 Å². The Labute approximate surface area is 169 Å².